The average Bonchev–Trinajstić information content (AvgIpc) is 3.05. The van der Waals surface area contributed by atoms with E-state index in [1.807, 2.05) is 19.1 Å². The largest absolute Gasteiger partial charge is 0.464 e. The van der Waals surface area contributed by atoms with Gasteiger partial charge in [-0.25, -0.2) is 9.97 Å². The third kappa shape index (κ3) is 1.95. The van der Waals surface area contributed by atoms with Gasteiger partial charge in [-0.2, -0.15) is 0 Å². The molecule has 0 saturated heterocycles. The van der Waals surface area contributed by atoms with Gasteiger partial charge in [-0.3, -0.25) is 0 Å². The molecule has 3 aromatic rings. The number of pyridine rings is 1. The van der Waals surface area contributed by atoms with E-state index in [1.165, 1.54) is 0 Å². The van der Waals surface area contributed by atoms with Gasteiger partial charge in [-0.1, -0.05) is 6.92 Å². The van der Waals surface area contributed by atoms with Crippen molar-refractivity contribution in [2.75, 3.05) is 5.32 Å². The van der Waals surface area contributed by atoms with Gasteiger partial charge in [0, 0.05) is 12.6 Å². The topological polar surface area (TPSA) is 64.1 Å². The van der Waals surface area contributed by atoms with Gasteiger partial charge < -0.3 is 14.2 Å². The predicted molar refractivity (Wildman–Crippen MR) is 67.2 cm³/mol. The molecule has 5 nitrogen and oxygen atoms in total. The zero-order chi connectivity index (χ0) is 12.4. The first-order chi connectivity index (χ1) is 8.86. The molecule has 0 aliphatic carbocycles. The number of rotatable bonds is 4. The fraction of sp³-hybridized carbons (Fsp3) is 0.231. The van der Waals surface area contributed by atoms with Crippen LogP contribution < -0.4 is 5.32 Å². The van der Waals surface area contributed by atoms with E-state index < -0.39 is 0 Å². The molecule has 0 fully saturated rings. The highest BCUT2D eigenvalue weighted by molar-refractivity contribution is 5.87. The van der Waals surface area contributed by atoms with Gasteiger partial charge in [0.2, 0.25) is 5.89 Å². The number of nitrogens with zero attached hydrogens (tertiary/aromatic N) is 2. The van der Waals surface area contributed by atoms with Crippen LogP contribution >= 0.6 is 0 Å². The Balaban J connectivity index is 1.78. The minimum atomic E-state index is 0.511. The molecule has 3 heterocycles. The van der Waals surface area contributed by atoms with Gasteiger partial charge in [0.1, 0.15) is 17.2 Å². The molecule has 3 rings (SSSR count). The van der Waals surface area contributed by atoms with E-state index in [-0.39, 0.29) is 0 Å². The molecular formula is C13H13N3O2. The summed E-state index contributed by atoms with van der Waals surface area (Å²) in [6.45, 7) is 2.54. The normalized spacial score (nSPS) is 10.9. The van der Waals surface area contributed by atoms with Gasteiger partial charge in [0.05, 0.1) is 24.4 Å². The second-order valence-corrected chi connectivity index (χ2v) is 3.92. The maximum atomic E-state index is 5.52. The van der Waals surface area contributed by atoms with Crippen molar-refractivity contribution in [3.8, 4) is 0 Å². The lowest BCUT2D eigenvalue weighted by Crippen LogP contribution is -2.01. The van der Waals surface area contributed by atoms with Crippen molar-refractivity contribution in [2.45, 2.75) is 19.9 Å². The third-order valence-corrected chi connectivity index (χ3v) is 2.74. The van der Waals surface area contributed by atoms with E-state index in [9.17, 15) is 0 Å². The zero-order valence-electron chi connectivity index (χ0n) is 10.0. The molecule has 0 amide bonds. The number of aryl methyl sites for hydroxylation is 1. The molecule has 0 aliphatic rings. The second-order valence-electron chi connectivity index (χ2n) is 3.92. The molecular weight excluding hydrogens is 230 g/mol. The molecule has 5 heteroatoms. The second kappa shape index (κ2) is 4.52. The number of anilines is 1. The van der Waals surface area contributed by atoms with E-state index in [2.05, 4.69) is 15.3 Å². The summed E-state index contributed by atoms with van der Waals surface area (Å²) in [6, 6.07) is 3.72. The highest BCUT2D eigenvalue weighted by Crippen LogP contribution is 2.22. The van der Waals surface area contributed by atoms with Crippen molar-refractivity contribution in [2.24, 2.45) is 0 Å². The molecule has 0 aromatic carbocycles. The molecule has 0 bridgehead atoms. The van der Waals surface area contributed by atoms with Crippen LogP contribution in [0, 0.1) is 0 Å². The highest BCUT2D eigenvalue weighted by Gasteiger charge is 2.06. The summed E-state index contributed by atoms with van der Waals surface area (Å²) < 4.78 is 10.8. The van der Waals surface area contributed by atoms with Crippen LogP contribution in [0.2, 0.25) is 0 Å². The minimum Gasteiger partial charge on any atom is -0.464 e. The fourth-order valence-corrected chi connectivity index (χ4v) is 1.79. The Kier molecular flexibility index (Phi) is 2.72. The van der Waals surface area contributed by atoms with Crippen LogP contribution in [0.25, 0.3) is 11.0 Å². The van der Waals surface area contributed by atoms with E-state index >= 15 is 0 Å². The van der Waals surface area contributed by atoms with E-state index in [1.54, 1.807) is 18.7 Å². The van der Waals surface area contributed by atoms with Crippen LogP contribution in [-0.2, 0) is 13.0 Å². The van der Waals surface area contributed by atoms with Crippen LogP contribution in [0.5, 0.6) is 0 Å². The number of hydrogen-bond donors (Lipinski definition) is 1. The molecule has 0 aliphatic heterocycles. The van der Waals surface area contributed by atoms with Crippen LogP contribution in [0.15, 0.2) is 39.6 Å². The quantitative estimate of drug-likeness (QED) is 0.763. The van der Waals surface area contributed by atoms with Gasteiger partial charge in [-0.05, 0) is 12.1 Å². The molecule has 1 N–H and O–H groups in total. The lowest BCUT2D eigenvalue weighted by molar-refractivity contribution is 0.465. The molecule has 0 atom stereocenters. The Hall–Kier alpha value is -2.30. The maximum Gasteiger partial charge on any atom is 0.213 e. The molecule has 92 valence electrons. The van der Waals surface area contributed by atoms with Crippen LogP contribution in [0.1, 0.15) is 18.6 Å². The fourth-order valence-electron chi connectivity index (χ4n) is 1.79. The lowest BCUT2D eigenvalue weighted by Gasteiger charge is -2.03. The monoisotopic (exact) mass is 243 g/mol. The predicted octanol–water partition coefficient (Wildman–Crippen LogP) is 2.99. The van der Waals surface area contributed by atoms with Gasteiger partial charge >= 0.3 is 0 Å². The van der Waals surface area contributed by atoms with Gasteiger partial charge in [-0.15, -0.1) is 0 Å². The summed E-state index contributed by atoms with van der Waals surface area (Å²) in [5, 5.41) is 4.16. The summed E-state index contributed by atoms with van der Waals surface area (Å²) in [5.74, 6) is 2.33. The first-order valence-corrected chi connectivity index (χ1v) is 5.86. The van der Waals surface area contributed by atoms with Gasteiger partial charge in [0.25, 0.3) is 0 Å². The number of nitrogens with one attached hydrogen (secondary N) is 1. The number of aromatic nitrogens is 2. The van der Waals surface area contributed by atoms with Crippen molar-refractivity contribution < 1.29 is 8.83 Å². The van der Waals surface area contributed by atoms with E-state index in [0.717, 1.165) is 29.0 Å². The smallest absolute Gasteiger partial charge is 0.213 e. The summed E-state index contributed by atoms with van der Waals surface area (Å²) in [5.41, 5.74) is 0.814. The zero-order valence-corrected chi connectivity index (χ0v) is 10.0. The summed E-state index contributed by atoms with van der Waals surface area (Å²) in [4.78, 5) is 8.47. The first-order valence-electron chi connectivity index (χ1n) is 5.86. The van der Waals surface area contributed by atoms with E-state index in [4.69, 9.17) is 8.83 Å². The maximum absolute atomic E-state index is 5.52. The Bertz CT molecular complexity index is 657. The Morgan fingerprint density at radius 3 is 3.06 bits per heavy atom. The number of oxazole rings is 1. The Labute approximate surface area is 104 Å². The molecule has 18 heavy (non-hydrogen) atoms. The van der Waals surface area contributed by atoms with Crippen molar-refractivity contribution in [1.82, 2.24) is 9.97 Å². The molecule has 0 spiro atoms. The van der Waals surface area contributed by atoms with Crippen molar-refractivity contribution in [3.05, 3.63) is 42.4 Å². The summed E-state index contributed by atoms with van der Waals surface area (Å²) in [7, 11) is 0. The Morgan fingerprint density at radius 1 is 1.28 bits per heavy atom. The van der Waals surface area contributed by atoms with Crippen LogP contribution in [-0.4, -0.2) is 9.97 Å². The number of hydrogen-bond acceptors (Lipinski definition) is 5. The van der Waals surface area contributed by atoms with E-state index in [0.29, 0.717) is 12.4 Å². The first kappa shape index (κ1) is 10.8. The molecule has 3 aromatic heterocycles. The molecule has 0 saturated carbocycles. The third-order valence-electron chi connectivity index (χ3n) is 2.74. The molecule has 0 radical (unpaired) electrons. The van der Waals surface area contributed by atoms with Crippen molar-refractivity contribution >= 4 is 16.8 Å². The Morgan fingerprint density at radius 2 is 2.22 bits per heavy atom. The van der Waals surface area contributed by atoms with Crippen LogP contribution in [0.4, 0.5) is 5.82 Å². The average molecular weight is 243 g/mol. The molecule has 0 unspecified atom stereocenters. The van der Waals surface area contributed by atoms with Crippen molar-refractivity contribution in [3.63, 3.8) is 0 Å². The summed E-state index contributed by atoms with van der Waals surface area (Å²) >= 11 is 0. The van der Waals surface area contributed by atoms with Crippen molar-refractivity contribution in [1.29, 1.82) is 0 Å². The highest BCUT2D eigenvalue weighted by atomic mass is 16.4. The minimum absolute atomic E-state index is 0.511. The number of furan rings is 1. The van der Waals surface area contributed by atoms with Gasteiger partial charge in [0.15, 0.2) is 0 Å². The number of fused-ring (bicyclic) bond motifs is 1. The lowest BCUT2D eigenvalue weighted by atomic mass is 10.3. The summed E-state index contributed by atoms with van der Waals surface area (Å²) in [6.07, 6.45) is 5.96. The standard InChI is InChI=1S/C13H13N3O2/c1-2-9-7-15-12(18-9)8-16-13-10-4-6-17-11(10)3-5-14-13/h3-7H,2,8H2,1H3,(H,14,16). The SMILES string of the molecule is CCc1cnc(CNc2nccc3occc23)o1. The van der Waals surface area contributed by atoms with Crippen LogP contribution in [0.3, 0.4) is 0 Å².